The molecule has 0 bridgehead atoms. The Hall–Kier alpha value is -2.07. The van der Waals surface area contributed by atoms with Gasteiger partial charge in [0.1, 0.15) is 5.82 Å². The zero-order valence-electron chi connectivity index (χ0n) is 12.5. The maximum atomic E-state index is 4.65. The molecular formula is C17H20N4. The number of hydrogen-bond donors (Lipinski definition) is 0. The maximum absolute atomic E-state index is 4.65. The first-order valence-electron chi connectivity index (χ1n) is 7.50. The maximum Gasteiger partial charge on any atom is 0.140 e. The quantitative estimate of drug-likeness (QED) is 0.721. The van der Waals surface area contributed by atoms with Gasteiger partial charge in [0, 0.05) is 54.7 Å². The molecule has 0 amide bonds. The smallest absolute Gasteiger partial charge is 0.140 e. The number of hydrogen-bond acceptors (Lipinski definition) is 2. The molecular weight excluding hydrogens is 260 g/mol. The van der Waals surface area contributed by atoms with Crippen LogP contribution in [0.5, 0.6) is 0 Å². The first-order chi connectivity index (χ1) is 10.2. The fourth-order valence-electron chi connectivity index (χ4n) is 3.45. The van der Waals surface area contributed by atoms with Crippen molar-refractivity contribution in [3.63, 3.8) is 0 Å². The molecule has 1 atom stereocenters. The van der Waals surface area contributed by atoms with Crippen LogP contribution in [-0.4, -0.2) is 39.2 Å². The van der Waals surface area contributed by atoms with Crippen molar-refractivity contribution in [1.82, 2.24) is 19.0 Å². The van der Waals surface area contributed by atoms with Gasteiger partial charge in [-0.25, -0.2) is 4.98 Å². The lowest BCUT2D eigenvalue weighted by atomic mass is 10.1. The lowest BCUT2D eigenvalue weighted by molar-refractivity contribution is 0.393. The van der Waals surface area contributed by atoms with Gasteiger partial charge >= 0.3 is 0 Å². The molecule has 0 N–H and O–H groups in total. The van der Waals surface area contributed by atoms with Crippen LogP contribution in [0, 0.1) is 0 Å². The number of benzene rings is 1. The standard InChI is InChI=1S/C17H20N4/c1-19-9-6-13(12-19)21-11-8-18-17(21)15-4-3-5-16-14(15)7-10-20(16)2/h3-5,7-8,10-11,13H,6,9,12H2,1-2H3. The van der Waals surface area contributed by atoms with Gasteiger partial charge in [0.15, 0.2) is 0 Å². The van der Waals surface area contributed by atoms with Gasteiger partial charge in [-0.1, -0.05) is 12.1 Å². The summed E-state index contributed by atoms with van der Waals surface area (Å²) in [5, 5.41) is 1.28. The van der Waals surface area contributed by atoms with Crippen LogP contribution < -0.4 is 0 Å². The molecule has 3 aromatic rings. The van der Waals surface area contributed by atoms with Crippen molar-refractivity contribution >= 4 is 10.9 Å². The van der Waals surface area contributed by atoms with Crippen molar-refractivity contribution < 1.29 is 0 Å². The van der Waals surface area contributed by atoms with E-state index in [1.165, 1.54) is 22.9 Å². The van der Waals surface area contributed by atoms with Crippen molar-refractivity contribution in [2.24, 2.45) is 7.05 Å². The highest BCUT2D eigenvalue weighted by Crippen LogP contribution is 2.31. The molecule has 1 unspecified atom stereocenters. The minimum atomic E-state index is 0.534. The van der Waals surface area contributed by atoms with E-state index in [9.17, 15) is 0 Å². The molecule has 0 saturated carbocycles. The van der Waals surface area contributed by atoms with Crippen LogP contribution >= 0.6 is 0 Å². The van der Waals surface area contributed by atoms with Gasteiger partial charge in [-0.2, -0.15) is 0 Å². The monoisotopic (exact) mass is 280 g/mol. The highest BCUT2D eigenvalue weighted by Gasteiger charge is 2.23. The second-order valence-corrected chi connectivity index (χ2v) is 6.03. The molecule has 0 spiro atoms. The molecule has 1 fully saturated rings. The zero-order chi connectivity index (χ0) is 14.4. The molecule has 2 aromatic heterocycles. The van der Waals surface area contributed by atoms with Gasteiger partial charge in [-0.3, -0.25) is 0 Å². The molecule has 1 aliphatic heterocycles. The molecule has 3 heterocycles. The van der Waals surface area contributed by atoms with Crippen LogP contribution in [0.25, 0.3) is 22.3 Å². The molecule has 4 heteroatoms. The third kappa shape index (κ3) is 1.98. The summed E-state index contributed by atoms with van der Waals surface area (Å²) in [6, 6.07) is 9.18. The van der Waals surface area contributed by atoms with Gasteiger partial charge in [0.2, 0.25) is 0 Å². The van der Waals surface area contributed by atoms with E-state index in [4.69, 9.17) is 0 Å². The van der Waals surface area contributed by atoms with E-state index in [1.54, 1.807) is 0 Å². The normalized spacial score (nSPS) is 19.6. The summed E-state index contributed by atoms with van der Waals surface area (Å²) in [6.45, 7) is 2.27. The summed E-state index contributed by atoms with van der Waals surface area (Å²) in [6.07, 6.45) is 7.37. The van der Waals surface area contributed by atoms with E-state index >= 15 is 0 Å². The first kappa shape index (κ1) is 12.7. The second kappa shape index (κ2) is 4.74. The van der Waals surface area contributed by atoms with Crippen LogP contribution in [0.1, 0.15) is 12.5 Å². The van der Waals surface area contributed by atoms with E-state index in [-0.39, 0.29) is 0 Å². The number of likely N-dealkylation sites (N-methyl/N-ethyl adjacent to an activating group) is 1. The topological polar surface area (TPSA) is 26.0 Å². The Morgan fingerprint density at radius 1 is 1.14 bits per heavy atom. The highest BCUT2D eigenvalue weighted by molar-refractivity contribution is 5.93. The molecule has 4 rings (SSSR count). The average Bonchev–Trinajstić information content (AvgIpc) is 3.19. The van der Waals surface area contributed by atoms with Crippen molar-refractivity contribution in [3.8, 4) is 11.4 Å². The Morgan fingerprint density at radius 3 is 2.86 bits per heavy atom. The van der Waals surface area contributed by atoms with E-state index in [0.29, 0.717) is 6.04 Å². The summed E-state index contributed by atoms with van der Waals surface area (Å²) in [5.74, 6) is 1.09. The molecule has 21 heavy (non-hydrogen) atoms. The Morgan fingerprint density at radius 2 is 2.05 bits per heavy atom. The van der Waals surface area contributed by atoms with Crippen LogP contribution in [0.2, 0.25) is 0 Å². The number of likely N-dealkylation sites (tertiary alicyclic amines) is 1. The summed E-state index contributed by atoms with van der Waals surface area (Å²) in [4.78, 5) is 7.04. The number of nitrogens with zero attached hydrogens (tertiary/aromatic N) is 4. The van der Waals surface area contributed by atoms with Gasteiger partial charge in [0.25, 0.3) is 0 Å². The lowest BCUT2D eigenvalue weighted by Gasteiger charge is -2.16. The van der Waals surface area contributed by atoms with Crippen LogP contribution in [-0.2, 0) is 7.05 Å². The third-order valence-electron chi connectivity index (χ3n) is 4.60. The summed E-state index contributed by atoms with van der Waals surface area (Å²) < 4.78 is 4.51. The van der Waals surface area contributed by atoms with E-state index in [2.05, 4.69) is 69.8 Å². The van der Waals surface area contributed by atoms with Gasteiger partial charge in [-0.15, -0.1) is 0 Å². The van der Waals surface area contributed by atoms with Gasteiger partial charge in [-0.05, 0) is 32.1 Å². The summed E-state index contributed by atoms with van der Waals surface area (Å²) >= 11 is 0. The molecule has 4 nitrogen and oxygen atoms in total. The molecule has 108 valence electrons. The highest BCUT2D eigenvalue weighted by atomic mass is 15.2. The number of aryl methyl sites for hydroxylation is 1. The molecule has 0 aliphatic carbocycles. The largest absolute Gasteiger partial charge is 0.351 e. The second-order valence-electron chi connectivity index (χ2n) is 6.03. The molecule has 1 aliphatic rings. The zero-order valence-corrected chi connectivity index (χ0v) is 12.5. The third-order valence-corrected chi connectivity index (χ3v) is 4.60. The fraction of sp³-hybridized carbons (Fsp3) is 0.353. The predicted octanol–water partition coefficient (Wildman–Crippen LogP) is 2.92. The Kier molecular flexibility index (Phi) is 2.86. The van der Waals surface area contributed by atoms with Gasteiger partial charge < -0.3 is 14.0 Å². The van der Waals surface area contributed by atoms with Crippen molar-refractivity contribution in [2.45, 2.75) is 12.5 Å². The van der Waals surface area contributed by atoms with Crippen LogP contribution in [0.4, 0.5) is 0 Å². The van der Waals surface area contributed by atoms with E-state index in [1.807, 2.05) is 6.20 Å². The van der Waals surface area contributed by atoms with Crippen LogP contribution in [0.3, 0.4) is 0 Å². The molecule has 0 radical (unpaired) electrons. The Bertz CT molecular complexity index is 783. The lowest BCUT2D eigenvalue weighted by Crippen LogP contribution is -2.16. The van der Waals surface area contributed by atoms with E-state index in [0.717, 1.165) is 18.9 Å². The van der Waals surface area contributed by atoms with Crippen molar-refractivity contribution in [3.05, 3.63) is 42.9 Å². The SMILES string of the molecule is CN1CCC(n2ccnc2-c2cccc3c2ccn3C)C1. The van der Waals surface area contributed by atoms with Crippen molar-refractivity contribution in [2.75, 3.05) is 20.1 Å². The number of rotatable bonds is 2. The van der Waals surface area contributed by atoms with E-state index < -0.39 is 0 Å². The summed E-state index contributed by atoms with van der Waals surface area (Å²) in [5.41, 5.74) is 2.48. The van der Waals surface area contributed by atoms with Gasteiger partial charge in [0.05, 0.1) is 0 Å². The fourth-order valence-corrected chi connectivity index (χ4v) is 3.45. The first-order valence-corrected chi connectivity index (χ1v) is 7.50. The average molecular weight is 280 g/mol. The minimum Gasteiger partial charge on any atom is -0.351 e. The predicted molar refractivity (Wildman–Crippen MR) is 85.3 cm³/mol. The molecule has 1 saturated heterocycles. The summed E-state index contributed by atoms with van der Waals surface area (Å²) in [7, 11) is 4.28. The molecule has 1 aromatic carbocycles. The number of aromatic nitrogens is 3. The van der Waals surface area contributed by atoms with Crippen LogP contribution in [0.15, 0.2) is 42.9 Å². The van der Waals surface area contributed by atoms with Crippen molar-refractivity contribution in [1.29, 1.82) is 0 Å². The Balaban J connectivity index is 1.85. The minimum absolute atomic E-state index is 0.534. The number of fused-ring (bicyclic) bond motifs is 1. The Labute approximate surface area is 124 Å². The number of imidazole rings is 1.